The fourth-order valence-corrected chi connectivity index (χ4v) is 2.76. The van der Waals surface area contributed by atoms with Crippen LogP contribution in [0.2, 0.25) is 0 Å². The van der Waals surface area contributed by atoms with E-state index in [1.54, 1.807) is 6.08 Å². The first-order valence-corrected chi connectivity index (χ1v) is 5.74. The number of rotatable bonds is 0. The van der Waals surface area contributed by atoms with Crippen molar-refractivity contribution in [1.29, 1.82) is 0 Å². The first-order chi connectivity index (χ1) is 7.66. The van der Waals surface area contributed by atoms with E-state index in [1.807, 2.05) is 13.0 Å². The second-order valence-corrected chi connectivity index (χ2v) is 4.72. The van der Waals surface area contributed by atoms with Gasteiger partial charge in [-0.1, -0.05) is 6.92 Å². The fraction of sp³-hybridized carbons (Fsp3) is 0.462. The Kier molecular flexibility index (Phi) is 2.03. The molecule has 2 unspecified atom stereocenters. The SMILES string of the molecule is CC1c2c([nH]c3c2CC(=O)CC3)C=CC1F. The van der Waals surface area contributed by atoms with E-state index in [4.69, 9.17) is 0 Å². The van der Waals surface area contributed by atoms with Gasteiger partial charge in [-0.15, -0.1) is 0 Å². The van der Waals surface area contributed by atoms with Gasteiger partial charge in [0.1, 0.15) is 12.0 Å². The number of carbonyl (C=O) groups excluding carboxylic acids is 1. The molecule has 1 aromatic rings. The van der Waals surface area contributed by atoms with Gasteiger partial charge in [-0.2, -0.15) is 0 Å². The van der Waals surface area contributed by atoms with Gasteiger partial charge in [0.2, 0.25) is 0 Å². The summed E-state index contributed by atoms with van der Waals surface area (Å²) in [4.78, 5) is 14.8. The zero-order chi connectivity index (χ0) is 11.3. The van der Waals surface area contributed by atoms with Crippen molar-refractivity contribution in [2.24, 2.45) is 0 Å². The molecular weight excluding hydrogens is 205 g/mol. The van der Waals surface area contributed by atoms with Gasteiger partial charge in [0.25, 0.3) is 0 Å². The van der Waals surface area contributed by atoms with Crippen LogP contribution in [0.4, 0.5) is 4.39 Å². The van der Waals surface area contributed by atoms with Crippen LogP contribution in [-0.4, -0.2) is 16.9 Å². The molecule has 0 bridgehead atoms. The van der Waals surface area contributed by atoms with Crippen molar-refractivity contribution in [3.63, 3.8) is 0 Å². The first kappa shape index (κ1) is 9.82. The number of aromatic amines is 1. The predicted octanol–water partition coefficient (Wildman–Crippen LogP) is 2.54. The number of aryl methyl sites for hydroxylation is 1. The number of aromatic nitrogens is 1. The number of ketones is 1. The van der Waals surface area contributed by atoms with Gasteiger partial charge in [0, 0.05) is 30.1 Å². The normalized spacial score (nSPS) is 27.8. The van der Waals surface area contributed by atoms with Crippen LogP contribution in [0.25, 0.3) is 6.08 Å². The molecule has 3 heteroatoms. The van der Waals surface area contributed by atoms with E-state index in [2.05, 4.69) is 4.98 Å². The van der Waals surface area contributed by atoms with Crippen LogP contribution in [0, 0.1) is 0 Å². The minimum Gasteiger partial charge on any atom is -0.358 e. The van der Waals surface area contributed by atoms with Crippen molar-refractivity contribution in [3.8, 4) is 0 Å². The van der Waals surface area contributed by atoms with E-state index in [0.29, 0.717) is 12.8 Å². The summed E-state index contributed by atoms with van der Waals surface area (Å²) in [5.74, 6) is 0.136. The summed E-state index contributed by atoms with van der Waals surface area (Å²) >= 11 is 0. The maximum atomic E-state index is 13.6. The van der Waals surface area contributed by atoms with Gasteiger partial charge in [0.05, 0.1) is 0 Å². The molecule has 0 radical (unpaired) electrons. The van der Waals surface area contributed by atoms with Crippen LogP contribution < -0.4 is 0 Å². The lowest BCUT2D eigenvalue weighted by atomic mass is 9.84. The highest BCUT2D eigenvalue weighted by Gasteiger charge is 2.30. The number of hydrogen-bond donors (Lipinski definition) is 1. The number of allylic oxidation sites excluding steroid dienone is 1. The van der Waals surface area contributed by atoms with Crippen LogP contribution >= 0.6 is 0 Å². The number of halogens is 1. The summed E-state index contributed by atoms with van der Waals surface area (Å²) < 4.78 is 13.6. The van der Waals surface area contributed by atoms with Gasteiger partial charge in [-0.3, -0.25) is 4.79 Å². The number of fused-ring (bicyclic) bond motifs is 3. The van der Waals surface area contributed by atoms with Crippen LogP contribution in [0.15, 0.2) is 6.08 Å². The van der Waals surface area contributed by atoms with E-state index in [9.17, 15) is 9.18 Å². The Labute approximate surface area is 93.6 Å². The molecule has 3 rings (SSSR count). The molecule has 0 amide bonds. The van der Waals surface area contributed by atoms with E-state index in [-0.39, 0.29) is 11.7 Å². The molecule has 2 aliphatic carbocycles. The second-order valence-electron chi connectivity index (χ2n) is 4.72. The molecular formula is C13H14FNO. The largest absolute Gasteiger partial charge is 0.358 e. The molecule has 0 saturated heterocycles. The van der Waals surface area contributed by atoms with Gasteiger partial charge in [0.15, 0.2) is 0 Å². The highest BCUT2D eigenvalue weighted by atomic mass is 19.1. The molecule has 0 aliphatic heterocycles. The van der Waals surface area contributed by atoms with Gasteiger partial charge in [-0.25, -0.2) is 4.39 Å². The Morgan fingerprint density at radius 1 is 1.44 bits per heavy atom. The van der Waals surface area contributed by atoms with E-state index < -0.39 is 6.17 Å². The van der Waals surface area contributed by atoms with Crippen LogP contribution in [0.1, 0.15) is 41.8 Å². The monoisotopic (exact) mass is 219 g/mol. The fourth-order valence-electron chi connectivity index (χ4n) is 2.76. The molecule has 0 aromatic carbocycles. The topological polar surface area (TPSA) is 32.9 Å². The molecule has 1 aromatic heterocycles. The Morgan fingerprint density at radius 3 is 3.06 bits per heavy atom. The summed E-state index contributed by atoms with van der Waals surface area (Å²) in [6.45, 7) is 1.89. The molecule has 1 N–H and O–H groups in total. The number of nitrogens with one attached hydrogen (secondary N) is 1. The second kappa shape index (κ2) is 3.30. The number of carbonyl (C=O) groups is 1. The summed E-state index contributed by atoms with van der Waals surface area (Å²) in [7, 11) is 0. The number of Topliss-reactive ketones (excluding diaryl/α,β-unsaturated/α-hetero) is 1. The molecule has 2 atom stereocenters. The Hall–Kier alpha value is -1.38. The van der Waals surface area contributed by atoms with E-state index in [0.717, 1.165) is 28.9 Å². The molecule has 0 fully saturated rings. The van der Waals surface area contributed by atoms with Crippen LogP contribution in [-0.2, 0) is 17.6 Å². The molecule has 0 saturated carbocycles. The molecule has 84 valence electrons. The smallest absolute Gasteiger partial charge is 0.137 e. The van der Waals surface area contributed by atoms with Gasteiger partial charge < -0.3 is 4.98 Å². The quantitative estimate of drug-likeness (QED) is 0.714. The molecule has 1 heterocycles. The number of alkyl halides is 1. The summed E-state index contributed by atoms with van der Waals surface area (Å²) in [6, 6.07) is 0. The molecule has 2 nitrogen and oxygen atoms in total. The van der Waals surface area contributed by atoms with Crippen molar-refractivity contribution in [2.45, 2.75) is 38.3 Å². The lowest BCUT2D eigenvalue weighted by molar-refractivity contribution is -0.118. The van der Waals surface area contributed by atoms with Crippen molar-refractivity contribution in [1.82, 2.24) is 4.98 Å². The minimum atomic E-state index is -0.926. The highest BCUT2D eigenvalue weighted by molar-refractivity contribution is 5.84. The molecule has 16 heavy (non-hydrogen) atoms. The summed E-state index contributed by atoms with van der Waals surface area (Å²) in [5, 5.41) is 0. The average molecular weight is 219 g/mol. The average Bonchev–Trinajstić information content (AvgIpc) is 2.62. The standard InChI is InChI=1S/C13H14FNO/c1-7-10(14)3-5-12-13(7)9-6-8(16)2-4-11(9)15-12/h3,5,7,10,15H,2,4,6H2,1H3. The minimum absolute atomic E-state index is 0.133. The highest BCUT2D eigenvalue weighted by Crippen LogP contribution is 2.37. The van der Waals surface area contributed by atoms with Crippen molar-refractivity contribution < 1.29 is 9.18 Å². The van der Waals surface area contributed by atoms with E-state index >= 15 is 0 Å². The maximum absolute atomic E-state index is 13.6. The zero-order valence-electron chi connectivity index (χ0n) is 9.22. The Morgan fingerprint density at radius 2 is 2.25 bits per heavy atom. The van der Waals surface area contributed by atoms with E-state index in [1.165, 1.54) is 0 Å². The third kappa shape index (κ3) is 1.27. The maximum Gasteiger partial charge on any atom is 0.137 e. The predicted molar refractivity (Wildman–Crippen MR) is 60.2 cm³/mol. The van der Waals surface area contributed by atoms with Crippen LogP contribution in [0.5, 0.6) is 0 Å². The number of H-pyrrole nitrogens is 1. The zero-order valence-corrected chi connectivity index (χ0v) is 9.22. The Bertz CT molecular complexity index is 486. The first-order valence-electron chi connectivity index (χ1n) is 5.74. The molecule has 0 spiro atoms. The Balaban J connectivity index is 2.15. The van der Waals surface area contributed by atoms with Crippen molar-refractivity contribution in [3.05, 3.63) is 28.6 Å². The van der Waals surface area contributed by atoms with Gasteiger partial charge in [-0.05, 0) is 29.7 Å². The third-order valence-corrected chi connectivity index (χ3v) is 3.67. The lowest BCUT2D eigenvalue weighted by Crippen LogP contribution is -2.17. The third-order valence-electron chi connectivity index (χ3n) is 3.67. The molecule has 2 aliphatic rings. The number of hydrogen-bond acceptors (Lipinski definition) is 1. The van der Waals surface area contributed by atoms with Crippen molar-refractivity contribution in [2.75, 3.05) is 0 Å². The summed E-state index contributed by atoms with van der Waals surface area (Å²) in [6.07, 6.45) is 4.35. The summed E-state index contributed by atoms with van der Waals surface area (Å²) in [5.41, 5.74) is 4.22. The lowest BCUT2D eigenvalue weighted by Gasteiger charge is -2.21. The van der Waals surface area contributed by atoms with Gasteiger partial charge >= 0.3 is 0 Å². The van der Waals surface area contributed by atoms with Crippen molar-refractivity contribution >= 4 is 11.9 Å². The van der Waals surface area contributed by atoms with Crippen LogP contribution in [0.3, 0.4) is 0 Å².